The van der Waals surface area contributed by atoms with E-state index in [1.54, 1.807) is 7.11 Å². The fourth-order valence-electron chi connectivity index (χ4n) is 2.46. The van der Waals surface area contributed by atoms with Gasteiger partial charge in [0, 0.05) is 25.8 Å². The van der Waals surface area contributed by atoms with Crippen molar-refractivity contribution in [1.82, 2.24) is 0 Å². The van der Waals surface area contributed by atoms with E-state index in [1.807, 2.05) is 20.2 Å². The molecule has 0 radical (unpaired) electrons. The Labute approximate surface area is 127 Å². The van der Waals surface area contributed by atoms with Gasteiger partial charge in [-0.25, -0.2) is 0 Å². The smallest absolute Gasteiger partial charge is 0.122 e. The molecule has 2 aromatic carbocycles. The highest BCUT2D eigenvalue weighted by Crippen LogP contribution is 2.26. The Hall–Kier alpha value is -2.00. The molecule has 0 amide bonds. The van der Waals surface area contributed by atoms with Crippen LogP contribution < -0.4 is 15.4 Å². The van der Waals surface area contributed by atoms with E-state index in [0.717, 1.165) is 23.3 Å². The number of rotatable bonds is 5. The molecule has 112 valence electrons. The van der Waals surface area contributed by atoms with Gasteiger partial charge in [-0.1, -0.05) is 29.8 Å². The molecule has 2 aromatic rings. The summed E-state index contributed by atoms with van der Waals surface area (Å²) < 4.78 is 5.44. The molecule has 0 saturated heterocycles. The van der Waals surface area contributed by atoms with Gasteiger partial charge >= 0.3 is 0 Å². The first-order chi connectivity index (χ1) is 10.0. The van der Waals surface area contributed by atoms with Crippen molar-refractivity contribution in [2.75, 3.05) is 26.1 Å². The van der Waals surface area contributed by atoms with Crippen molar-refractivity contribution in [3.63, 3.8) is 0 Å². The van der Waals surface area contributed by atoms with Crippen LogP contribution in [0.5, 0.6) is 5.75 Å². The van der Waals surface area contributed by atoms with Gasteiger partial charge in [-0.05, 0) is 42.7 Å². The van der Waals surface area contributed by atoms with E-state index in [2.05, 4.69) is 48.2 Å². The third-order valence-corrected chi connectivity index (χ3v) is 3.69. The molecule has 0 aliphatic rings. The molecule has 0 bridgehead atoms. The number of anilines is 1. The van der Waals surface area contributed by atoms with Crippen molar-refractivity contribution < 1.29 is 4.74 Å². The summed E-state index contributed by atoms with van der Waals surface area (Å²) in [5.41, 5.74) is 11.1. The molecule has 1 atom stereocenters. The van der Waals surface area contributed by atoms with Crippen LogP contribution in [0.1, 0.15) is 22.7 Å². The second kappa shape index (κ2) is 6.64. The minimum absolute atomic E-state index is 0.0411. The quantitative estimate of drug-likeness (QED) is 0.915. The highest BCUT2D eigenvalue weighted by molar-refractivity contribution is 5.48. The SMILES string of the molecule is COc1ccc(C)cc1CC(N)c1cccc(N(C)C)c1. The first kappa shape index (κ1) is 15.4. The molecule has 0 heterocycles. The van der Waals surface area contributed by atoms with E-state index in [4.69, 9.17) is 10.5 Å². The summed E-state index contributed by atoms with van der Waals surface area (Å²) in [5, 5.41) is 0. The van der Waals surface area contributed by atoms with Crippen molar-refractivity contribution in [2.45, 2.75) is 19.4 Å². The molecule has 0 spiro atoms. The minimum Gasteiger partial charge on any atom is -0.496 e. The highest BCUT2D eigenvalue weighted by atomic mass is 16.5. The highest BCUT2D eigenvalue weighted by Gasteiger charge is 2.12. The average Bonchev–Trinajstić information content (AvgIpc) is 2.47. The van der Waals surface area contributed by atoms with Crippen LogP contribution in [0.2, 0.25) is 0 Å². The molecule has 1 unspecified atom stereocenters. The van der Waals surface area contributed by atoms with Crippen LogP contribution >= 0.6 is 0 Å². The van der Waals surface area contributed by atoms with Crippen LogP contribution in [0.4, 0.5) is 5.69 Å². The monoisotopic (exact) mass is 284 g/mol. The molecule has 0 aromatic heterocycles. The maximum absolute atomic E-state index is 6.40. The van der Waals surface area contributed by atoms with Gasteiger partial charge in [0.15, 0.2) is 0 Å². The van der Waals surface area contributed by atoms with Gasteiger partial charge in [-0.15, -0.1) is 0 Å². The molecular weight excluding hydrogens is 260 g/mol. The maximum Gasteiger partial charge on any atom is 0.122 e. The number of nitrogens with zero attached hydrogens (tertiary/aromatic N) is 1. The van der Waals surface area contributed by atoms with Crippen LogP contribution in [0.15, 0.2) is 42.5 Å². The summed E-state index contributed by atoms with van der Waals surface area (Å²) >= 11 is 0. The van der Waals surface area contributed by atoms with Crippen LogP contribution in [0.25, 0.3) is 0 Å². The van der Waals surface area contributed by atoms with Gasteiger partial charge in [0.2, 0.25) is 0 Å². The van der Waals surface area contributed by atoms with E-state index in [9.17, 15) is 0 Å². The third kappa shape index (κ3) is 3.76. The molecule has 0 aliphatic heterocycles. The molecule has 2 N–H and O–H groups in total. The summed E-state index contributed by atoms with van der Waals surface area (Å²) in [7, 11) is 5.77. The lowest BCUT2D eigenvalue weighted by Crippen LogP contribution is -2.15. The Bertz CT molecular complexity index is 608. The number of nitrogens with two attached hydrogens (primary N) is 1. The van der Waals surface area contributed by atoms with Gasteiger partial charge in [0.05, 0.1) is 7.11 Å². The molecule has 3 heteroatoms. The number of hydrogen-bond acceptors (Lipinski definition) is 3. The summed E-state index contributed by atoms with van der Waals surface area (Å²) in [6.45, 7) is 2.08. The largest absolute Gasteiger partial charge is 0.496 e. The van der Waals surface area contributed by atoms with E-state index in [1.165, 1.54) is 11.3 Å². The molecule has 2 rings (SSSR count). The normalized spacial score (nSPS) is 12.0. The molecule has 0 aliphatic carbocycles. The van der Waals surface area contributed by atoms with E-state index < -0.39 is 0 Å². The van der Waals surface area contributed by atoms with Crippen molar-refractivity contribution in [2.24, 2.45) is 5.73 Å². The number of methoxy groups -OCH3 is 1. The summed E-state index contributed by atoms with van der Waals surface area (Å²) in [6.07, 6.45) is 0.766. The molecule has 0 saturated carbocycles. The Kier molecular flexibility index (Phi) is 4.86. The predicted molar refractivity (Wildman–Crippen MR) is 89.1 cm³/mol. The Balaban J connectivity index is 2.23. The van der Waals surface area contributed by atoms with Crippen LogP contribution in [-0.4, -0.2) is 21.2 Å². The van der Waals surface area contributed by atoms with E-state index in [0.29, 0.717) is 0 Å². The minimum atomic E-state index is -0.0411. The molecule has 21 heavy (non-hydrogen) atoms. The van der Waals surface area contributed by atoms with Crippen molar-refractivity contribution in [3.8, 4) is 5.75 Å². The zero-order valence-corrected chi connectivity index (χ0v) is 13.3. The summed E-state index contributed by atoms with van der Waals surface area (Å²) in [5.74, 6) is 0.903. The van der Waals surface area contributed by atoms with E-state index in [-0.39, 0.29) is 6.04 Å². The van der Waals surface area contributed by atoms with E-state index >= 15 is 0 Å². The lowest BCUT2D eigenvalue weighted by molar-refractivity contribution is 0.408. The molecule has 3 nitrogen and oxygen atoms in total. The standard InChI is InChI=1S/C18H24N2O/c1-13-8-9-18(21-4)15(10-13)12-17(19)14-6-5-7-16(11-14)20(2)3/h5-11,17H,12,19H2,1-4H3. The Morgan fingerprint density at radius 1 is 1.14 bits per heavy atom. The number of ether oxygens (including phenoxy) is 1. The number of benzene rings is 2. The zero-order valence-electron chi connectivity index (χ0n) is 13.3. The fraction of sp³-hybridized carbons (Fsp3) is 0.333. The third-order valence-electron chi connectivity index (χ3n) is 3.69. The summed E-state index contributed by atoms with van der Waals surface area (Å²) in [4.78, 5) is 2.09. The fourth-order valence-corrected chi connectivity index (χ4v) is 2.46. The van der Waals surface area contributed by atoms with Crippen LogP contribution in [0.3, 0.4) is 0 Å². The van der Waals surface area contributed by atoms with Crippen molar-refractivity contribution in [3.05, 3.63) is 59.2 Å². The lowest BCUT2D eigenvalue weighted by Gasteiger charge is -2.18. The lowest BCUT2D eigenvalue weighted by atomic mass is 9.97. The second-order valence-electron chi connectivity index (χ2n) is 5.62. The Morgan fingerprint density at radius 2 is 1.90 bits per heavy atom. The van der Waals surface area contributed by atoms with Crippen LogP contribution in [0, 0.1) is 6.92 Å². The van der Waals surface area contributed by atoms with Gasteiger partial charge in [-0.2, -0.15) is 0 Å². The molecular formula is C18H24N2O. The van der Waals surface area contributed by atoms with Gasteiger partial charge in [0.25, 0.3) is 0 Å². The van der Waals surface area contributed by atoms with Gasteiger partial charge in [-0.3, -0.25) is 0 Å². The number of hydrogen-bond donors (Lipinski definition) is 1. The maximum atomic E-state index is 6.40. The predicted octanol–water partition coefficient (Wildman–Crippen LogP) is 3.31. The first-order valence-electron chi connectivity index (χ1n) is 7.17. The van der Waals surface area contributed by atoms with Crippen molar-refractivity contribution in [1.29, 1.82) is 0 Å². The summed E-state index contributed by atoms with van der Waals surface area (Å²) in [6, 6.07) is 14.5. The topological polar surface area (TPSA) is 38.5 Å². The Morgan fingerprint density at radius 3 is 2.57 bits per heavy atom. The number of aryl methyl sites for hydroxylation is 1. The van der Waals surface area contributed by atoms with Crippen molar-refractivity contribution >= 4 is 5.69 Å². The van der Waals surface area contributed by atoms with Gasteiger partial charge in [0.1, 0.15) is 5.75 Å². The van der Waals surface area contributed by atoms with Crippen LogP contribution in [-0.2, 0) is 6.42 Å². The van der Waals surface area contributed by atoms with Gasteiger partial charge < -0.3 is 15.4 Å². The molecule has 0 fully saturated rings. The second-order valence-corrected chi connectivity index (χ2v) is 5.62. The average molecular weight is 284 g/mol. The first-order valence-corrected chi connectivity index (χ1v) is 7.17. The zero-order chi connectivity index (χ0) is 15.4.